The zero-order valence-corrected chi connectivity index (χ0v) is 8.89. The number of amidine groups is 1. The van der Waals surface area contributed by atoms with Gasteiger partial charge in [-0.15, -0.1) is 0 Å². The van der Waals surface area contributed by atoms with Crippen LogP contribution in [-0.2, 0) is 4.84 Å². The van der Waals surface area contributed by atoms with Gasteiger partial charge in [-0.25, -0.2) is 0 Å². The molecule has 76 valence electrons. The molecular weight excluding hydrogens is 164 g/mol. The fraction of sp³-hybridized carbons (Fsp3) is 0.900. The predicted octanol–water partition coefficient (Wildman–Crippen LogP) is 2.28. The maximum absolute atomic E-state index is 5.44. The molecule has 1 aliphatic heterocycles. The molecule has 1 aliphatic rings. The molecule has 0 aliphatic carbocycles. The molecule has 0 radical (unpaired) electrons. The van der Waals surface area contributed by atoms with Crippen LogP contribution >= 0.6 is 0 Å². The van der Waals surface area contributed by atoms with E-state index in [9.17, 15) is 0 Å². The maximum Gasteiger partial charge on any atom is 0.120 e. The van der Waals surface area contributed by atoms with Gasteiger partial charge in [0.25, 0.3) is 0 Å². The lowest BCUT2D eigenvalue weighted by Crippen LogP contribution is -2.33. The average molecular weight is 184 g/mol. The highest BCUT2D eigenvalue weighted by molar-refractivity contribution is 5.81. The van der Waals surface area contributed by atoms with Crippen LogP contribution in [-0.4, -0.2) is 18.0 Å². The van der Waals surface area contributed by atoms with Gasteiger partial charge in [-0.2, -0.15) is 0 Å². The van der Waals surface area contributed by atoms with Gasteiger partial charge in [-0.1, -0.05) is 6.42 Å². The van der Waals surface area contributed by atoms with E-state index in [2.05, 4.69) is 10.5 Å². The van der Waals surface area contributed by atoms with Crippen molar-refractivity contribution in [3.05, 3.63) is 0 Å². The van der Waals surface area contributed by atoms with Gasteiger partial charge in [0.2, 0.25) is 0 Å². The molecule has 0 fully saturated rings. The molecule has 3 nitrogen and oxygen atoms in total. The summed E-state index contributed by atoms with van der Waals surface area (Å²) in [5.74, 6) is 1.01. The number of aliphatic imine (C=N–C) groups is 1. The van der Waals surface area contributed by atoms with Crippen LogP contribution in [0.25, 0.3) is 0 Å². The summed E-state index contributed by atoms with van der Waals surface area (Å²) in [7, 11) is 0. The van der Waals surface area contributed by atoms with E-state index in [-0.39, 0.29) is 5.60 Å². The van der Waals surface area contributed by atoms with Crippen LogP contribution < -0.4 is 5.48 Å². The van der Waals surface area contributed by atoms with Gasteiger partial charge < -0.3 is 0 Å². The van der Waals surface area contributed by atoms with Crippen molar-refractivity contribution in [3.63, 3.8) is 0 Å². The summed E-state index contributed by atoms with van der Waals surface area (Å²) in [5, 5.41) is 0. The molecule has 0 saturated heterocycles. The fourth-order valence-electron chi connectivity index (χ4n) is 1.17. The normalized spacial score (nSPS) is 19.2. The van der Waals surface area contributed by atoms with Crippen molar-refractivity contribution in [2.24, 2.45) is 4.99 Å². The van der Waals surface area contributed by atoms with Crippen molar-refractivity contribution in [2.75, 3.05) is 6.54 Å². The molecule has 13 heavy (non-hydrogen) atoms. The van der Waals surface area contributed by atoms with Crippen LogP contribution in [0.3, 0.4) is 0 Å². The maximum atomic E-state index is 5.44. The minimum Gasteiger partial charge on any atom is -0.271 e. The van der Waals surface area contributed by atoms with Gasteiger partial charge in [0.1, 0.15) is 5.84 Å². The number of nitrogens with zero attached hydrogens (tertiary/aromatic N) is 1. The van der Waals surface area contributed by atoms with Gasteiger partial charge in [-0.05, 0) is 33.6 Å². The molecule has 0 bridgehead atoms. The van der Waals surface area contributed by atoms with Crippen LogP contribution in [0.4, 0.5) is 0 Å². The van der Waals surface area contributed by atoms with E-state index >= 15 is 0 Å². The second-order valence-electron chi connectivity index (χ2n) is 4.46. The Morgan fingerprint density at radius 1 is 1.23 bits per heavy atom. The smallest absolute Gasteiger partial charge is 0.120 e. The summed E-state index contributed by atoms with van der Waals surface area (Å²) in [6.07, 6.45) is 4.74. The molecule has 0 aromatic heterocycles. The molecule has 0 amide bonds. The Labute approximate surface area is 80.5 Å². The number of hydrogen-bond acceptors (Lipinski definition) is 3. The van der Waals surface area contributed by atoms with E-state index < -0.39 is 0 Å². The zero-order chi connectivity index (χ0) is 9.73. The fourth-order valence-corrected chi connectivity index (χ4v) is 1.17. The van der Waals surface area contributed by atoms with Crippen LogP contribution in [0.15, 0.2) is 4.99 Å². The van der Waals surface area contributed by atoms with E-state index in [0.29, 0.717) is 0 Å². The zero-order valence-electron chi connectivity index (χ0n) is 8.89. The number of hydroxylamine groups is 1. The minimum atomic E-state index is -0.144. The third kappa shape index (κ3) is 4.88. The molecule has 0 spiro atoms. The van der Waals surface area contributed by atoms with Crippen LogP contribution in [0.2, 0.25) is 0 Å². The number of rotatable bonds is 1. The van der Waals surface area contributed by atoms with Crippen LogP contribution in [0, 0.1) is 0 Å². The molecule has 0 unspecified atom stereocenters. The summed E-state index contributed by atoms with van der Waals surface area (Å²) >= 11 is 0. The van der Waals surface area contributed by atoms with Crippen LogP contribution in [0.5, 0.6) is 0 Å². The quantitative estimate of drug-likeness (QED) is 0.634. The van der Waals surface area contributed by atoms with E-state index in [1.165, 1.54) is 19.3 Å². The second kappa shape index (κ2) is 4.61. The molecule has 1 rings (SSSR count). The van der Waals surface area contributed by atoms with E-state index in [0.717, 1.165) is 18.8 Å². The first-order valence-corrected chi connectivity index (χ1v) is 5.05. The third-order valence-corrected chi connectivity index (χ3v) is 1.85. The topological polar surface area (TPSA) is 33.6 Å². The lowest BCUT2D eigenvalue weighted by atomic mass is 10.2. The van der Waals surface area contributed by atoms with Crippen molar-refractivity contribution >= 4 is 5.84 Å². The molecular formula is C10H20N2O. The summed E-state index contributed by atoms with van der Waals surface area (Å²) < 4.78 is 0. The first-order chi connectivity index (χ1) is 6.08. The molecule has 0 aromatic carbocycles. The highest BCUT2D eigenvalue weighted by Crippen LogP contribution is 2.08. The van der Waals surface area contributed by atoms with Gasteiger partial charge in [0.05, 0.1) is 5.60 Å². The Morgan fingerprint density at radius 3 is 2.69 bits per heavy atom. The monoisotopic (exact) mass is 184 g/mol. The van der Waals surface area contributed by atoms with Gasteiger partial charge in [-0.3, -0.25) is 15.3 Å². The number of hydrogen-bond donors (Lipinski definition) is 1. The highest BCUT2D eigenvalue weighted by atomic mass is 16.7. The lowest BCUT2D eigenvalue weighted by Gasteiger charge is -2.20. The molecule has 1 N–H and O–H groups in total. The Bertz CT molecular complexity index is 182. The molecule has 0 aromatic rings. The largest absolute Gasteiger partial charge is 0.271 e. The first-order valence-electron chi connectivity index (χ1n) is 5.05. The van der Waals surface area contributed by atoms with Crippen molar-refractivity contribution in [2.45, 2.75) is 52.1 Å². The Hall–Kier alpha value is -0.570. The Kier molecular flexibility index (Phi) is 3.72. The Morgan fingerprint density at radius 2 is 2.00 bits per heavy atom. The molecule has 0 saturated carbocycles. The predicted molar refractivity (Wildman–Crippen MR) is 54.7 cm³/mol. The highest BCUT2D eigenvalue weighted by Gasteiger charge is 2.12. The van der Waals surface area contributed by atoms with Gasteiger partial charge in [0, 0.05) is 13.0 Å². The average Bonchev–Trinajstić information content (AvgIpc) is 2.26. The van der Waals surface area contributed by atoms with Crippen molar-refractivity contribution in [1.29, 1.82) is 0 Å². The summed E-state index contributed by atoms with van der Waals surface area (Å²) in [6, 6.07) is 0. The SMILES string of the molecule is CC(C)(C)ONC1=NCCCCC1. The molecule has 1 heterocycles. The standard InChI is InChI=1S/C10H20N2O/c1-10(2,3)13-12-9-7-5-4-6-8-11-9/h4-8H2,1-3H3,(H,11,12). The summed E-state index contributed by atoms with van der Waals surface area (Å²) in [5.41, 5.74) is 2.81. The summed E-state index contributed by atoms with van der Waals surface area (Å²) in [4.78, 5) is 9.85. The molecule has 3 heteroatoms. The van der Waals surface area contributed by atoms with E-state index in [1.54, 1.807) is 0 Å². The second-order valence-corrected chi connectivity index (χ2v) is 4.46. The third-order valence-electron chi connectivity index (χ3n) is 1.85. The van der Waals surface area contributed by atoms with E-state index in [4.69, 9.17) is 4.84 Å². The minimum absolute atomic E-state index is 0.144. The Balaban J connectivity index is 2.30. The van der Waals surface area contributed by atoms with E-state index in [1.807, 2.05) is 20.8 Å². The first kappa shape index (κ1) is 10.5. The summed E-state index contributed by atoms with van der Waals surface area (Å²) in [6.45, 7) is 7.02. The molecule has 0 atom stereocenters. The van der Waals surface area contributed by atoms with Crippen molar-refractivity contribution in [3.8, 4) is 0 Å². The van der Waals surface area contributed by atoms with Crippen molar-refractivity contribution in [1.82, 2.24) is 5.48 Å². The van der Waals surface area contributed by atoms with Gasteiger partial charge >= 0.3 is 0 Å². The number of nitrogens with one attached hydrogen (secondary N) is 1. The van der Waals surface area contributed by atoms with Crippen molar-refractivity contribution < 1.29 is 4.84 Å². The van der Waals surface area contributed by atoms with Gasteiger partial charge in [0.15, 0.2) is 0 Å². The lowest BCUT2D eigenvalue weighted by molar-refractivity contribution is -0.0433. The van der Waals surface area contributed by atoms with Crippen LogP contribution in [0.1, 0.15) is 46.5 Å².